The summed E-state index contributed by atoms with van der Waals surface area (Å²) in [5, 5.41) is 37.2. The maximum Gasteiger partial charge on any atom is 0.221 e. The Morgan fingerprint density at radius 2 is 2.07 bits per heavy atom. The van der Waals surface area contributed by atoms with Gasteiger partial charge in [0, 0.05) is 6.61 Å². The van der Waals surface area contributed by atoms with E-state index in [1.807, 2.05) is 0 Å². The molecular formula is C8H16O6. The van der Waals surface area contributed by atoms with Crippen molar-refractivity contribution in [1.82, 2.24) is 0 Å². The molecule has 0 spiro atoms. The van der Waals surface area contributed by atoms with Crippen LogP contribution in [0, 0.1) is 0 Å². The number of hydrogen-bond acceptors (Lipinski definition) is 6. The molecule has 0 aromatic rings. The molecule has 0 aliphatic carbocycles. The van der Waals surface area contributed by atoms with Crippen molar-refractivity contribution < 1.29 is 29.9 Å². The van der Waals surface area contributed by atoms with Gasteiger partial charge in [-0.15, -0.1) is 0 Å². The van der Waals surface area contributed by atoms with Crippen LogP contribution in [-0.4, -0.2) is 64.3 Å². The average Bonchev–Trinajstić information content (AvgIpc) is 2.20. The maximum atomic E-state index is 9.57. The summed E-state index contributed by atoms with van der Waals surface area (Å²) in [7, 11) is 0. The zero-order valence-electron chi connectivity index (χ0n) is 7.96. The molecule has 0 amide bonds. The molecule has 6 heteroatoms. The summed E-state index contributed by atoms with van der Waals surface area (Å²) in [5.74, 6) is -1.62. The number of hydrogen-bond donors (Lipinski definition) is 4. The first kappa shape index (κ1) is 11.8. The molecule has 1 fully saturated rings. The van der Waals surface area contributed by atoms with Gasteiger partial charge in [0.2, 0.25) is 5.79 Å². The van der Waals surface area contributed by atoms with Crippen LogP contribution in [0.25, 0.3) is 0 Å². The first-order valence-electron chi connectivity index (χ1n) is 4.50. The summed E-state index contributed by atoms with van der Waals surface area (Å²) in [5.41, 5.74) is 0. The van der Waals surface area contributed by atoms with Crippen molar-refractivity contribution in [3.63, 3.8) is 0 Å². The highest BCUT2D eigenvalue weighted by molar-refractivity contribution is 4.92. The Balaban J connectivity index is 2.76. The minimum atomic E-state index is -1.62. The van der Waals surface area contributed by atoms with Gasteiger partial charge in [0.25, 0.3) is 0 Å². The van der Waals surface area contributed by atoms with Crippen LogP contribution in [0.3, 0.4) is 0 Å². The highest BCUT2D eigenvalue weighted by Crippen LogP contribution is 2.27. The lowest BCUT2D eigenvalue weighted by molar-refractivity contribution is -0.347. The number of aliphatic hydroxyl groups excluding tert-OH is 4. The fourth-order valence-electron chi connectivity index (χ4n) is 1.44. The van der Waals surface area contributed by atoms with E-state index < -0.39 is 30.7 Å². The Labute approximate surface area is 81.7 Å². The number of aliphatic hydroxyl groups is 4. The molecule has 1 aliphatic rings. The van der Waals surface area contributed by atoms with E-state index in [2.05, 4.69) is 0 Å². The van der Waals surface area contributed by atoms with Crippen molar-refractivity contribution in [3.8, 4) is 0 Å². The van der Waals surface area contributed by atoms with Crippen LogP contribution in [0.1, 0.15) is 6.92 Å². The zero-order valence-corrected chi connectivity index (χ0v) is 7.96. The SMILES string of the molecule is CCO[C@]1(CO)OC[C@@H](O)[C@H](O)[C@@H]1O. The third-order valence-corrected chi connectivity index (χ3v) is 2.28. The van der Waals surface area contributed by atoms with Crippen LogP contribution >= 0.6 is 0 Å². The Kier molecular flexibility index (Phi) is 3.82. The van der Waals surface area contributed by atoms with Gasteiger partial charge in [0.05, 0.1) is 6.61 Å². The third kappa shape index (κ3) is 1.90. The summed E-state index contributed by atoms with van der Waals surface area (Å²) < 4.78 is 10.1. The Bertz CT molecular complexity index is 187. The lowest BCUT2D eigenvalue weighted by Gasteiger charge is -2.43. The summed E-state index contributed by atoms with van der Waals surface area (Å²) in [6, 6.07) is 0. The van der Waals surface area contributed by atoms with Crippen molar-refractivity contribution >= 4 is 0 Å². The second kappa shape index (κ2) is 4.52. The van der Waals surface area contributed by atoms with Gasteiger partial charge in [-0.1, -0.05) is 0 Å². The van der Waals surface area contributed by atoms with Gasteiger partial charge in [-0.3, -0.25) is 0 Å². The first-order valence-corrected chi connectivity index (χ1v) is 4.50. The molecule has 4 N–H and O–H groups in total. The highest BCUT2D eigenvalue weighted by atomic mass is 16.7. The van der Waals surface area contributed by atoms with Crippen molar-refractivity contribution in [2.24, 2.45) is 0 Å². The molecule has 14 heavy (non-hydrogen) atoms. The monoisotopic (exact) mass is 208 g/mol. The fraction of sp³-hybridized carbons (Fsp3) is 1.00. The molecule has 1 aliphatic heterocycles. The third-order valence-electron chi connectivity index (χ3n) is 2.28. The van der Waals surface area contributed by atoms with Crippen molar-refractivity contribution in [2.45, 2.75) is 31.0 Å². The van der Waals surface area contributed by atoms with Crippen LogP contribution < -0.4 is 0 Å². The van der Waals surface area contributed by atoms with Gasteiger partial charge in [0.1, 0.15) is 24.9 Å². The molecule has 4 atom stereocenters. The van der Waals surface area contributed by atoms with Crippen LogP contribution in [0.4, 0.5) is 0 Å². The molecule has 0 aromatic heterocycles. The molecule has 0 aromatic carbocycles. The molecule has 6 nitrogen and oxygen atoms in total. The van der Waals surface area contributed by atoms with Gasteiger partial charge < -0.3 is 29.9 Å². The highest BCUT2D eigenvalue weighted by Gasteiger charge is 2.50. The second-order valence-electron chi connectivity index (χ2n) is 3.22. The lowest BCUT2D eigenvalue weighted by Crippen LogP contribution is -2.63. The number of ether oxygens (including phenoxy) is 2. The molecular weight excluding hydrogens is 192 g/mol. The van der Waals surface area contributed by atoms with E-state index in [9.17, 15) is 15.3 Å². The molecule has 0 unspecified atom stereocenters. The van der Waals surface area contributed by atoms with Gasteiger partial charge >= 0.3 is 0 Å². The van der Waals surface area contributed by atoms with Crippen LogP contribution in [0.2, 0.25) is 0 Å². The Hall–Kier alpha value is -0.240. The van der Waals surface area contributed by atoms with E-state index in [0.29, 0.717) is 0 Å². The summed E-state index contributed by atoms with van der Waals surface area (Å²) in [6.45, 7) is 1.13. The zero-order chi connectivity index (χ0) is 10.8. The van der Waals surface area contributed by atoms with E-state index in [1.54, 1.807) is 6.92 Å². The van der Waals surface area contributed by atoms with Crippen molar-refractivity contribution in [1.29, 1.82) is 0 Å². The van der Waals surface area contributed by atoms with Gasteiger partial charge in [-0.05, 0) is 6.92 Å². The first-order chi connectivity index (χ1) is 6.57. The summed E-state index contributed by atoms with van der Waals surface area (Å²) >= 11 is 0. The maximum absolute atomic E-state index is 9.57. The van der Waals surface area contributed by atoms with Crippen molar-refractivity contribution in [3.05, 3.63) is 0 Å². The summed E-state index contributed by atoms with van der Waals surface area (Å²) in [4.78, 5) is 0. The van der Waals surface area contributed by atoms with E-state index in [4.69, 9.17) is 14.6 Å². The lowest BCUT2D eigenvalue weighted by atomic mass is 9.97. The average molecular weight is 208 g/mol. The predicted molar refractivity (Wildman–Crippen MR) is 45.4 cm³/mol. The standard InChI is InChI=1S/C8H16O6/c1-2-13-8(4-9)7(12)6(11)5(10)3-14-8/h5-7,9-12H,2-4H2,1H3/t5-,6+,7+,8-/m1/s1. The Morgan fingerprint density at radius 1 is 1.43 bits per heavy atom. The van der Waals surface area contributed by atoms with Gasteiger partial charge in [0.15, 0.2) is 0 Å². The normalized spacial score (nSPS) is 43.9. The second-order valence-corrected chi connectivity index (χ2v) is 3.22. The van der Waals surface area contributed by atoms with Gasteiger partial charge in [-0.25, -0.2) is 0 Å². The van der Waals surface area contributed by atoms with Crippen LogP contribution in [0.5, 0.6) is 0 Å². The molecule has 84 valence electrons. The molecule has 0 saturated carbocycles. The largest absolute Gasteiger partial charge is 0.391 e. The molecule has 1 rings (SSSR count). The predicted octanol–water partition coefficient (Wildman–Crippen LogP) is -2.18. The number of rotatable bonds is 3. The van der Waals surface area contributed by atoms with E-state index in [0.717, 1.165) is 0 Å². The summed E-state index contributed by atoms with van der Waals surface area (Å²) in [6.07, 6.45) is -4.00. The minimum Gasteiger partial charge on any atom is -0.391 e. The molecule has 0 radical (unpaired) electrons. The molecule has 1 heterocycles. The van der Waals surface area contributed by atoms with Crippen molar-refractivity contribution in [2.75, 3.05) is 19.8 Å². The van der Waals surface area contributed by atoms with E-state index >= 15 is 0 Å². The van der Waals surface area contributed by atoms with Crippen LogP contribution in [0.15, 0.2) is 0 Å². The molecule has 0 bridgehead atoms. The van der Waals surface area contributed by atoms with E-state index in [1.165, 1.54) is 0 Å². The van der Waals surface area contributed by atoms with Crippen LogP contribution in [-0.2, 0) is 9.47 Å². The molecule has 1 saturated heterocycles. The topological polar surface area (TPSA) is 99.4 Å². The minimum absolute atomic E-state index is 0.182. The Morgan fingerprint density at radius 3 is 2.57 bits per heavy atom. The quantitative estimate of drug-likeness (QED) is 0.421. The fourth-order valence-corrected chi connectivity index (χ4v) is 1.44. The smallest absolute Gasteiger partial charge is 0.221 e. The van der Waals surface area contributed by atoms with Gasteiger partial charge in [-0.2, -0.15) is 0 Å². The van der Waals surface area contributed by atoms with E-state index in [-0.39, 0.29) is 13.2 Å².